The molecule has 5 heteroatoms. The van der Waals surface area contributed by atoms with Gasteiger partial charge in [0.1, 0.15) is 0 Å². The molecule has 0 bridgehead atoms. The predicted molar refractivity (Wildman–Crippen MR) is 96.8 cm³/mol. The van der Waals surface area contributed by atoms with E-state index in [1.807, 2.05) is 18.4 Å². The molecule has 0 radical (unpaired) electrons. The Hall–Kier alpha value is -0.680. The van der Waals surface area contributed by atoms with Gasteiger partial charge in [-0.1, -0.05) is 19.9 Å². The average molecular weight is 326 g/mol. The molecule has 2 rings (SSSR count). The fourth-order valence-electron chi connectivity index (χ4n) is 2.47. The molecule has 1 aromatic rings. The molecule has 0 aromatic carbocycles. The number of rotatable bonds is 5. The molecule has 0 amide bonds. The largest absolute Gasteiger partial charge is 0.356 e. The van der Waals surface area contributed by atoms with Crippen LogP contribution in [0.3, 0.4) is 0 Å². The van der Waals surface area contributed by atoms with Crippen molar-refractivity contribution in [2.75, 3.05) is 31.6 Å². The molecule has 2 N–H and O–H groups in total. The van der Waals surface area contributed by atoms with E-state index in [1.165, 1.54) is 29.2 Å². The van der Waals surface area contributed by atoms with Crippen LogP contribution in [-0.4, -0.2) is 37.6 Å². The van der Waals surface area contributed by atoms with Crippen molar-refractivity contribution < 1.29 is 0 Å². The molecular weight excluding hydrogens is 298 g/mol. The first-order chi connectivity index (χ1) is 10.1. The lowest BCUT2D eigenvalue weighted by Gasteiger charge is -2.26. The molecular formula is C16H27N3S2. The van der Waals surface area contributed by atoms with E-state index in [0.717, 1.165) is 25.0 Å². The summed E-state index contributed by atoms with van der Waals surface area (Å²) >= 11 is 3.90. The van der Waals surface area contributed by atoms with Gasteiger partial charge in [0.15, 0.2) is 5.96 Å². The van der Waals surface area contributed by atoms with Gasteiger partial charge in [0.05, 0.1) is 0 Å². The first kappa shape index (κ1) is 16.7. The van der Waals surface area contributed by atoms with Gasteiger partial charge < -0.3 is 10.6 Å². The van der Waals surface area contributed by atoms with Crippen LogP contribution in [0.5, 0.6) is 0 Å². The molecule has 1 aliphatic rings. The molecule has 1 fully saturated rings. The van der Waals surface area contributed by atoms with Crippen LogP contribution in [-0.2, 0) is 5.41 Å². The minimum absolute atomic E-state index is 0.132. The van der Waals surface area contributed by atoms with Crippen molar-refractivity contribution in [2.24, 2.45) is 10.9 Å². The third kappa shape index (κ3) is 5.22. The normalized spacial score (nSPS) is 17.8. The zero-order valence-electron chi connectivity index (χ0n) is 13.3. The second kappa shape index (κ2) is 8.08. The molecule has 0 spiro atoms. The summed E-state index contributed by atoms with van der Waals surface area (Å²) in [5.41, 5.74) is 0.132. The minimum Gasteiger partial charge on any atom is -0.356 e. The molecule has 1 aromatic heterocycles. The minimum atomic E-state index is 0.132. The smallest absolute Gasteiger partial charge is 0.191 e. The molecule has 21 heavy (non-hydrogen) atoms. The highest BCUT2D eigenvalue weighted by atomic mass is 32.2. The van der Waals surface area contributed by atoms with Gasteiger partial charge in [-0.25, -0.2) is 0 Å². The highest BCUT2D eigenvalue weighted by Crippen LogP contribution is 2.26. The molecule has 3 nitrogen and oxygen atoms in total. The Morgan fingerprint density at radius 3 is 2.71 bits per heavy atom. The van der Waals surface area contributed by atoms with E-state index in [1.54, 1.807) is 0 Å². The Morgan fingerprint density at radius 2 is 2.10 bits per heavy atom. The number of thioether (sulfide) groups is 1. The highest BCUT2D eigenvalue weighted by Gasteiger charge is 2.22. The number of guanidine groups is 1. The van der Waals surface area contributed by atoms with E-state index < -0.39 is 0 Å². The molecule has 1 saturated heterocycles. The number of aliphatic imine (C=N–C) groups is 1. The van der Waals surface area contributed by atoms with Gasteiger partial charge in [-0.05, 0) is 41.7 Å². The third-order valence-corrected chi connectivity index (χ3v) is 6.29. The zero-order valence-corrected chi connectivity index (χ0v) is 14.9. The van der Waals surface area contributed by atoms with Crippen LogP contribution in [0, 0.1) is 5.92 Å². The van der Waals surface area contributed by atoms with Crippen molar-refractivity contribution in [3.63, 3.8) is 0 Å². The van der Waals surface area contributed by atoms with Gasteiger partial charge in [0.25, 0.3) is 0 Å². The van der Waals surface area contributed by atoms with Gasteiger partial charge in [-0.2, -0.15) is 11.8 Å². The van der Waals surface area contributed by atoms with Gasteiger partial charge >= 0.3 is 0 Å². The predicted octanol–water partition coefficient (Wildman–Crippen LogP) is 3.33. The summed E-state index contributed by atoms with van der Waals surface area (Å²) in [5.74, 6) is 4.35. The first-order valence-electron chi connectivity index (χ1n) is 7.68. The number of nitrogens with zero attached hydrogens (tertiary/aromatic N) is 1. The van der Waals surface area contributed by atoms with Crippen LogP contribution in [0.4, 0.5) is 0 Å². The highest BCUT2D eigenvalue weighted by molar-refractivity contribution is 7.99. The molecule has 118 valence electrons. The fraction of sp³-hybridized carbons (Fsp3) is 0.688. The van der Waals surface area contributed by atoms with Crippen LogP contribution in [0.15, 0.2) is 22.5 Å². The monoisotopic (exact) mass is 325 g/mol. The molecule has 2 heterocycles. The number of nitrogens with one attached hydrogen (secondary N) is 2. The Kier molecular flexibility index (Phi) is 6.42. The first-order valence-corrected chi connectivity index (χ1v) is 9.71. The van der Waals surface area contributed by atoms with Crippen molar-refractivity contribution in [1.82, 2.24) is 10.6 Å². The van der Waals surface area contributed by atoms with E-state index in [9.17, 15) is 0 Å². The maximum atomic E-state index is 4.35. The van der Waals surface area contributed by atoms with Crippen molar-refractivity contribution in [3.05, 3.63) is 22.4 Å². The summed E-state index contributed by atoms with van der Waals surface area (Å²) in [6, 6.07) is 4.33. The third-order valence-electron chi connectivity index (χ3n) is 4.01. The van der Waals surface area contributed by atoms with Crippen molar-refractivity contribution in [2.45, 2.75) is 32.1 Å². The van der Waals surface area contributed by atoms with Crippen molar-refractivity contribution >= 4 is 29.1 Å². The Balaban J connectivity index is 1.77. The van der Waals surface area contributed by atoms with Crippen LogP contribution in [0.25, 0.3) is 0 Å². The second-order valence-electron chi connectivity index (χ2n) is 6.22. The van der Waals surface area contributed by atoms with Crippen LogP contribution in [0.2, 0.25) is 0 Å². The topological polar surface area (TPSA) is 36.4 Å². The molecule has 0 aliphatic carbocycles. The maximum absolute atomic E-state index is 4.35. The van der Waals surface area contributed by atoms with Gasteiger partial charge in [0.2, 0.25) is 0 Å². The van der Waals surface area contributed by atoms with E-state index in [0.29, 0.717) is 0 Å². The Morgan fingerprint density at radius 1 is 1.33 bits per heavy atom. The standard InChI is InChI=1S/C16H27N3S2/c1-16(2,14-5-4-8-21-14)12-19-15(17-3)18-11-13-6-9-20-10-7-13/h4-5,8,13H,6-7,9-12H2,1-3H3,(H2,17,18,19). The van der Waals surface area contributed by atoms with E-state index in [-0.39, 0.29) is 5.41 Å². The van der Waals surface area contributed by atoms with Crippen molar-refractivity contribution in [3.8, 4) is 0 Å². The summed E-state index contributed by atoms with van der Waals surface area (Å²) in [4.78, 5) is 5.76. The van der Waals surface area contributed by atoms with E-state index in [4.69, 9.17) is 0 Å². The van der Waals surface area contributed by atoms with E-state index in [2.05, 4.69) is 58.7 Å². The molecule has 0 atom stereocenters. The van der Waals surface area contributed by atoms with Crippen LogP contribution in [0.1, 0.15) is 31.6 Å². The summed E-state index contributed by atoms with van der Waals surface area (Å²) in [6.07, 6.45) is 2.66. The SMILES string of the molecule is CN=C(NCC1CCSCC1)NCC(C)(C)c1cccs1. The zero-order chi connectivity index (χ0) is 15.1. The lowest BCUT2D eigenvalue weighted by molar-refractivity contribution is 0.473. The number of hydrogen-bond acceptors (Lipinski definition) is 3. The van der Waals surface area contributed by atoms with Gasteiger partial charge in [-0.3, -0.25) is 4.99 Å². The lowest BCUT2D eigenvalue weighted by Crippen LogP contribution is -2.44. The quantitative estimate of drug-likeness (QED) is 0.644. The molecule has 1 aliphatic heterocycles. The average Bonchev–Trinajstić information content (AvgIpc) is 3.03. The maximum Gasteiger partial charge on any atom is 0.191 e. The summed E-state index contributed by atoms with van der Waals surface area (Å²) < 4.78 is 0. The van der Waals surface area contributed by atoms with E-state index >= 15 is 0 Å². The fourth-order valence-corrected chi connectivity index (χ4v) is 4.52. The molecule has 0 saturated carbocycles. The van der Waals surface area contributed by atoms with Gasteiger partial charge in [0, 0.05) is 30.4 Å². The lowest BCUT2D eigenvalue weighted by atomic mass is 9.91. The summed E-state index contributed by atoms with van der Waals surface area (Å²) in [6.45, 7) is 6.49. The number of thiophene rings is 1. The Labute approximate surface area is 137 Å². The van der Waals surface area contributed by atoms with Crippen molar-refractivity contribution in [1.29, 1.82) is 0 Å². The van der Waals surface area contributed by atoms with Crippen LogP contribution >= 0.6 is 23.1 Å². The second-order valence-corrected chi connectivity index (χ2v) is 8.40. The molecule has 0 unspecified atom stereocenters. The summed E-state index contributed by atoms with van der Waals surface area (Å²) in [5, 5.41) is 9.11. The van der Waals surface area contributed by atoms with Gasteiger partial charge in [-0.15, -0.1) is 11.3 Å². The number of hydrogen-bond donors (Lipinski definition) is 2. The summed E-state index contributed by atoms with van der Waals surface area (Å²) in [7, 11) is 1.85. The van der Waals surface area contributed by atoms with Crippen LogP contribution < -0.4 is 10.6 Å². The Bertz CT molecular complexity index is 434.